The van der Waals surface area contributed by atoms with Crippen molar-refractivity contribution in [2.45, 2.75) is 80.6 Å². The summed E-state index contributed by atoms with van der Waals surface area (Å²) in [6.45, 7) is 14.0. The normalized spacial score (nSPS) is 15.1. The maximum Gasteiger partial charge on any atom is 0.351 e. The zero-order valence-electron chi connectivity index (χ0n) is 20.5. The first-order chi connectivity index (χ1) is 14.3. The molecule has 0 aromatic rings. The van der Waals surface area contributed by atoms with Gasteiger partial charge in [0.15, 0.2) is 11.9 Å². The molecule has 0 aliphatic heterocycles. The molecule has 0 heterocycles. The fraction of sp³-hybridized carbons (Fsp3) is 0.773. The number of hydrogen-bond donors (Lipinski definition) is 0. The van der Waals surface area contributed by atoms with Gasteiger partial charge in [-0.25, -0.2) is 4.79 Å². The van der Waals surface area contributed by atoms with Gasteiger partial charge < -0.3 is 18.9 Å². The van der Waals surface area contributed by atoms with Gasteiger partial charge in [-0.2, -0.15) is 0 Å². The van der Waals surface area contributed by atoms with Gasteiger partial charge in [-0.05, 0) is 62.3 Å². The molecule has 0 aliphatic rings. The Bertz CT molecular complexity index is 675. The van der Waals surface area contributed by atoms with Crippen molar-refractivity contribution < 1.29 is 42.9 Å². The van der Waals surface area contributed by atoms with Crippen LogP contribution in [-0.4, -0.2) is 60.4 Å². The third kappa shape index (κ3) is 8.88. The molecule has 9 nitrogen and oxygen atoms in total. The highest BCUT2D eigenvalue weighted by Gasteiger charge is 2.48. The van der Waals surface area contributed by atoms with E-state index in [1.807, 2.05) is 0 Å². The number of ketones is 1. The van der Waals surface area contributed by atoms with Gasteiger partial charge in [0.1, 0.15) is 0 Å². The lowest BCUT2D eigenvalue weighted by molar-refractivity contribution is -0.202. The summed E-state index contributed by atoms with van der Waals surface area (Å²) in [6, 6.07) is 0. The lowest BCUT2D eigenvalue weighted by Crippen LogP contribution is -2.55. The smallest absolute Gasteiger partial charge is 0.351 e. The summed E-state index contributed by atoms with van der Waals surface area (Å²) in [4.78, 5) is 63.1. The molecule has 0 aromatic carbocycles. The van der Waals surface area contributed by atoms with E-state index in [4.69, 9.17) is 18.9 Å². The van der Waals surface area contributed by atoms with Crippen molar-refractivity contribution >= 4 is 45.6 Å². The summed E-state index contributed by atoms with van der Waals surface area (Å²) < 4.78 is 20.9. The first-order valence-corrected chi connectivity index (χ1v) is 11.2. The molecule has 0 rings (SSSR count). The quantitative estimate of drug-likeness (QED) is 0.268. The van der Waals surface area contributed by atoms with Crippen LogP contribution in [0.3, 0.4) is 0 Å². The van der Waals surface area contributed by atoms with Gasteiger partial charge in [0, 0.05) is 0 Å². The van der Waals surface area contributed by atoms with Crippen LogP contribution in [0.5, 0.6) is 0 Å². The number of rotatable bonds is 8. The summed E-state index contributed by atoms with van der Waals surface area (Å²) in [5, 5.41) is -0.278. The fourth-order valence-electron chi connectivity index (χ4n) is 1.92. The maximum atomic E-state index is 12.7. The number of halogens is 1. The third-order valence-electron chi connectivity index (χ3n) is 4.03. The Hall–Kier alpha value is -1.97. The number of ether oxygens (including phenoxy) is 4. The van der Waals surface area contributed by atoms with Gasteiger partial charge in [-0.1, -0.05) is 15.9 Å². The number of methoxy groups -OCH3 is 1. The van der Waals surface area contributed by atoms with Crippen molar-refractivity contribution in [2.24, 2.45) is 16.2 Å². The molecule has 0 saturated heterocycles. The monoisotopic (exact) mass is 522 g/mol. The lowest BCUT2D eigenvalue weighted by Gasteiger charge is -2.34. The molecule has 0 bridgehead atoms. The van der Waals surface area contributed by atoms with Crippen LogP contribution in [0.1, 0.15) is 62.3 Å². The topological polar surface area (TPSA) is 122 Å². The van der Waals surface area contributed by atoms with Crippen LogP contribution in [0.2, 0.25) is 0 Å². The first kappa shape index (κ1) is 30.0. The van der Waals surface area contributed by atoms with Crippen molar-refractivity contribution in [2.75, 3.05) is 12.4 Å². The van der Waals surface area contributed by atoms with Gasteiger partial charge in [0.2, 0.25) is 12.2 Å². The van der Waals surface area contributed by atoms with Crippen molar-refractivity contribution in [1.82, 2.24) is 0 Å². The van der Waals surface area contributed by atoms with E-state index in [1.165, 1.54) is 0 Å². The second-order valence-electron chi connectivity index (χ2n) is 10.4. The van der Waals surface area contributed by atoms with Crippen LogP contribution in [0.25, 0.3) is 0 Å². The minimum atomic E-state index is -1.85. The summed E-state index contributed by atoms with van der Waals surface area (Å²) in [6.07, 6.45) is -5.35. The van der Waals surface area contributed by atoms with Crippen LogP contribution in [0, 0.1) is 16.2 Å². The van der Waals surface area contributed by atoms with Gasteiger partial charge in [0.25, 0.3) is 0 Å². The zero-order chi connectivity index (χ0) is 25.7. The minimum Gasteiger partial charge on any atom is -0.466 e. The average molecular weight is 523 g/mol. The number of esters is 4. The molecule has 0 unspecified atom stereocenters. The summed E-state index contributed by atoms with van der Waals surface area (Å²) in [7, 11) is 1.05. The largest absolute Gasteiger partial charge is 0.466 e. The second-order valence-corrected chi connectivity index (χ2v) is 11.0. The van der Waals surface area contributed by atoms with Crippen molar-refractivity contribution in [3.8, 4) is 0 Å². The molecule has 0 aromatic heterocycles. The van der Waals surface area contributed by atoms with Gasteiger partial charge >= 0.3 is 23.9 Å². The third-order valence-corrected chi connectivity index (χ3v) is 4.58. The Kier molecular flexibility index (Phi) is 10.6. The van der Waals surface area contributed by atoms with Crippen LogP contribution in [0.15, 0.2) is 0 Å². The second kappa shape index (κ2) is 11.2. The highest BCUT2D eigenvalue weighted by molar-refractivity contribution is 9.09. The summed E-state index contributed by atoms with van der Waals surface area (Å²) in [5.74, 6) is -4.16. The highest BCUT2D eigenvalue weighted by atomic mass is 79.9. The molecular weight excluding hydrogens is 488 g/mol. The van der Waals surface area contributed by atoms with Crippen molar-refractivity contribution in [3.05, 3.63) is 0 Å². The van der Waals surface area contributed by atoms with E-state index in [9.17, 15) is 24.0 Å². The number of alkyl halides is 1. The van der Waals surface area contributed by atoms with Gasteiger partial charge in [-0.15, -0.1) is 0 Å². The van der Waals surface area contributed by atoms with Crippen LogP contribution in [0.4, 0.5) is 0 Å². The molecule has 3 atom stereocenters. The molecule has 0 fully saturated rings. The Morgan fingerprint density at radius 1 is 0.656 bits per heavy atom. The van der Waals surface area contributed by atoms with Gasteiger partial charge in [-0.3, -0.25) is 19.2 Å². The van der Waals surface area contributed by atoms with E-state index < -0.39 is 64.2 Å². The number of carbonyl (C=O) groups excluding carboxylic acids is 5. The van der Waals surface area contributed by atoms with E-state index >= 15 is 0 Å². The maximum absolute atomic E-state index is 12.7. The molecule has 0 N–H and O–H groups in total. The van der Waals surface area contributed by atoms with E-state index in [2.05, 4.69) is 15.9 Å². The predicted molar refractivity (Wildman–Crippen MR) is 119 cm³/mol. The van der Waals surface area contributed by atoms with Gasteiger partial charge in [0.05, 0.1) is 28.7 Å². The fourth-order valence-corrected chi connectivity index (χ4v) is 2.24. The molecule has 0 amide bonds. The molecule has 184 valence electrons. The lowest BCUT2D eigenvalue weighted by atomic mass is 9.95. The van der Waals surface area contributed by atoms with E-state index in [0.29, 0.717) is 0 Å². The molecular formula is C22H35BrO9. The van der Waals surface area contributed by atoms with Crippen molar-refractivity contribution in [3.63, 3.8) is 0 Å². The highest BCUT2D eigenvalue weighted by Crippen LogP contribution is 2.26. The number of hydrogen-bond acceptors (Lipinski definition) is 9. The first-order valence-electron chi connectivity index (χ1n) is 10.1. The molecule has 0 saturated carbocycles. The van der Waals surface area contributed by atoms with E-state index in [0.717, 1.165) is 7.11 Å². The summed E-state index contributed by atoms with van der Waals surface area (Å²) >= 11 is 3.01. The van der Waals surface area contributed by atoms with Crippen molar-refractivity contribution in [1.29, 1.82) is 0 Å². The standard InChI is InChI=1S/C22H35BrO9/c1-20(2,3)17(26)30-13(12(24)11-23)14(31-18(27)21(4,5)6)15(16(25)29-10)32-19(28)22(7,8)9/h13-15H,11H2,1-10H3/t13-,14+,15+/m1/s1. The van der Waals surface area contributed by atoms with Crippen LogP contribution >= 0.6 is 15.9 Å². The predicted octanol–water partition coefficient (Wildman–Crippen LogP) is 3.00. The molecule has 10 heteroatoms. The zero-order valence-corrected chi connectivity index (χ0v) is 22.1. The number of Topliss-reactive ketones (excluding diaryl/α,β-unsaturated/α-hetero) is 1. The van der Waals surface area contributed by atoms with Crippen LogP contribution in [-0.2, 0) is 42.9 Å². The van der Waals surface area contributed by atoms with Crippen LogP contribution < -0.4 is 0 Å². The Morgan fingerprint density at radius 3 is 1.31 bits per heavy atom. The minimum absolute atomic E-state index is 0.278. The van der Waals surface area contributed by atoms with E-state index in [-0.39, 0.29) is 5.33 Å². The Balaban J connectivity index is 6.59. The molecule has 0 aliphatic carbocycles. The molecule has 0 spiro atoms. The molecule has 32 heavy (non-hydrogen) atoms. The Morgan fingerprint density at radius 2 is 1.00 bits per heavy atom. The Labute approximate surface area is 198 Å². The number of carbonyl (C=O) groups is 5. The molecule has 0 radical (unpaired) electrons. The average Bonchev–Trinajstić information content (AvgIpc) is 2.64. The summed E-state index contributed by atoms with van der Waals surface area (Å²) in [5.41, 5.74) is -3.07. The SMILES string of the molecule is COC(=O)[C@@H](OC(=O)C(C)(C)C)[C@@H](OC(=O)C(C)(C)C)[C@H](OC(=O)C(C)(C)C)C(=O)CBr. The van der Waals surface area contributed by atoms with E-state index in [1.54, 1.807) is 62.3 Å².